The third kappa shape index (κ3) is 2.04. The van der Waals surface area contributed by atoms with Gasteiger partial charge in [0, 0.05) is 12.8 Å². The zero-order valence-electron chi connectivity index (χ0n) is 11.1. The molecule has 1 aliphatic carbocycles. The van der Waals surface area contributed by atoms with Gasteiger partial charge in [-0.3, -0.25) is 9.78 Å². The number of ether oxygens (including phenoxy) is 1. The van der Waals surface area contributed by atoms with E-state index in [4.69, 9.17) is 10.5 Å². The summed E-state index contributed by atoms with van der Waals surface area (Å²) < 4.78 is 6.02. The molecule has 0 aromatic carbocycles. The van der Waals surface area contributed by atoms with Gasteiger partial charge < -0.3 is 10.5 Å². The van der Waals surface area contributed by atoms with Crippen molar-refractivity contribution in [3.05, 3.63) is 30.1 Å². The molecule has 2 aliphatic rings. The summed E-state index contributed by atoms with van der Waals surface area (Å²) in [4.78, 5) is 16.5. The summed E-state index contributed by atoms with van der Waals surface area (Å²) in [6, 6.07) is 5.70. The maximum atomic E-state index is 12.1. The van der Waals surface area contributed by atoms with Crippen LogP contribution >= 0.6 is 0 Å². The summed E-state index contributed by atoms with van der Waals surface area (Å²) in [7, 11) is 0. The first-order valence-electron chi connectivity index (χ1n) is 7.02. The molecule has 19 heavy (non-hydrogen) atoms. The van der Waals surface area contributed by atoms with Crippen molar-refractivity contribution in [1.29, 1.82) is 0 Å². The van der Waals surface area contributed by atoms with Gasteiger partial charge in [-0.15, -0.1) is 0 Å². The van der Waals surface area contributed by atoms with Gasteiger partial charge in [-0.25, -0.2) is 0 Å². The Balaban J connectivity index is 1.99. The molecule has 0 bridgehead atoms. The largest absolute Gasteiger partial charge is 0.375 e. The molecule has 1 unspecified atom stereocenters. The average molecular weight is 260 g/mol. The van der Waals surface area contributed by atoms with Crippen LogP contribution in [0.1, 0.15) is 44.2 Å². The molecule has 1 aromatic rings. The van der Waals surface area contributed by atoms with Crippen LogP contribution in [0.2, 0.25) is 0 Å². The summed E-state index contributed by atoms with van der Waals surface area (Å²) in [6.45, 7) is 0.597. The van der Waals surface area contributed by atoms with Crippen LogP contribution in [0.5, 0.6) is 0 Å². The molecular weight excluding hydrogens is 240 g/mol. The predicted octanol–water partition coefficient (Wildman–Crippen LogP) is 1.93. The molecule has 2 fully saturated rings. The Hall–Kier alpha value is -1.42. The van der Waals surface area contributed by atoms with Crippen LogP contribution in [0.3, 0.4) is 0 Å². The highest BCUT2D eigenvalue weighted by molar-refractivity contribution is 5.86. The van der Waals surface area contributed by atoms with E-state index in [-0.39, 0.29) is 11.5 Å². The van der Waals surface area contributed by atoms with Crippen LogP contribution in [0.4, 0.5) is 0 Å². The van der Waals surface area contributed by atoms with Gasteiger partial charge >= 0.3 is 0 Å². The molecule has 1 aromatic heterocycles. The van der Waals surface area contributed by atoms with E-state index in [9.17, 15) is 4.79 Å². The van der Waals surface area contributed by atoms with Crippen molar-refractivity contribution in [2.45, 2.75) is 49.5 Å². The van der Waals surface area contributed by atoms with E-state index in [0.717, 1.165) is 18.5 Å². The Morgan fingerprint density at radius 3 is 2.68 bits per heavy atom. The van der Waals surface area contributed by atoms with E-state index in [2.05, 4.69) is 4.98 Å². The molecule has 1 spiro atoms. The fourth-order valence-corrected chi connectivity index (χ4v) is 3.67. The molecule has 2 N–H and O–H groups in total. The number of aromatic nitrogens is 1. The van der Waals surface area contributed by atoms with Crippen molar-refractivity contribution >= 4 is 5.91 Å². The highest BCUT2D eigenvalue weighted by Crippen LogP contribution is 2.47. The van der Waals surface area contributed by atoms with Gasteiger partial charge in [0.1, 0.15) is 0 Å². The van der Waals surface area contributed by atoms with E-state index >= 15 is 0 Å². The van der Waals surface area contributed by atoms with Gasteiger partial charge in [-0.05, 0) is 37.8 Å². The van der Waals surface area contributed by atoms with Gasteiger partial charge in [0.05, 0.1) is 16.7 Å². The molecule has 1 amide bonds. The number of hydrogen-bond acceptors (Lipinski definition) is 3. The second kappa shape index (κ2) is 4.60. The number of primary amides is 1. The van der Waals surface area contributed by atoms with E-state index in [1.807, 2.05) is 18.2 Å². The minimum Gasteiger partial charge on any atom is -0.375 e. The number of carbonyl (C=O) groups excluding carboxylic acids is 1. The standard InChI is InChI=1S/C15H20N2O2/c16-13(18)15(12-5-1-4-9-17-12)8-10-19-14(11-15)6-2-3-7-14/h1,4-5,9H,2-3,6-8,10-11H2,(H2,16,18). The fraction of sp³-hybridized carbons (Fsp3) is 0.600. The fourth-order valence-electron chi connectivity index (χ4n) is 3.67. The summed E-state index contributed by atoms with van der Waals surface area (Å²) in [5.41, 5.74) is 5.76. The molecule has 4 heteroatoms. The Bertz CT molecular complexity index is 468. The normalized spacial score (nSPS) is 29.5. The summed E-state index contributed by atoms with van der Waals surface area (Å²) in [6.07, 6.45) is 7.49. The lowest BCUT2D eigenvalue weighted by Gasteiger charge is -2.44. The molecular formula is C15H20N2O2. The van der Waals surface area contributed by atoms with Crippen molar-refractivity contribution in [2.75, 3.05) is 6.61 Å². The van der Waals surface area contributed by atoms with Gasteiger partial charge in [0.15, 0.2) is 0 Å². The minimum atomic E-state index is -0.649. The maximum absolute atomic E-state index is 12.1. The third-order valence-corrected chi connectivity index (χ3v) is 4.70. The maximum Gasteiger partial charge on any atom is 0.229 e. The van der Waals surface area contributed by atoms with E-state index in [0.29, 0.717) is 19.4 Å². The number of carbonyl (C=O) groups is 1. The van der Waals surface area contributed by atoms with Crippen molar-refractivity contribution in [3.8, 4) is 0 Å². The number of hydrogen-bond donors (Lipinski definition) is 1. The van der Waals surface area contributed by atoms with Crippen molar-refractivity contribution in [2.24, 2.45) is 5.73 Å². The molecule has 0 radical (unpaired) electrons. The molecule has 4 nitrogen and oxygen atoms in total. The highest BCUT2D eigenvalue weighted by atomic mass is 16.5. The van der Waals surface area contributed by atoms with Crippen LogP contribution < -0.4 is 5.73 Å². The highest BCUT2D eigenvalue weighted by Gasteiger charge is 2.51. The lowest BCUT2D eigenvalue weighted by molar-refractivity contribution is -0.141. The smallest absolute Gasteiger partial charge is 0.229 e. The first kappa shape index (κ1) is 12.6. The summed E-state index contributed by atoms with van der Waals surface area (Å²) in [5.74, 6) is -0.263. The summed E-state index contributed by atoms with van der Waals surface area (Å²) >= 11 is 0. The quantitative estimate of drug-likeness (QED) is 0.883. The van der Waals surface area contributed by atoms with E-state index in [1.54, 1.807) is 6.20 Å². The Morgan fingerprint density at radius 1 is 1.26 bits per heavy atom. The molecule has 102 valence electrons. The second-order valence-corrected chi connectivity index (χ2v) is 5.83. The van der Waals surface area contributed by atoms with E-state index < -0.39 is 5.41 Å². The third-order valence-electron chi connectivity index (χ3n) is 4.70. The zero-order chi connectivity index (χ0) is 13.3. The average Bonchev–Trinajstić information content (AvgIpc) is 2.87. The van der Waals surface area contributed by atoms with Crippen LogP contribution in [0.15, 0.2) is 24.4 Å². The van der Waals surface area contributed by atoms with Gasteiger partial charge in [0.25, 0.3) is 0 Å². The van der Waals surface area contributed by atoms with E-state index in [1.165, 1.54) is 12.8 Å². The molecule has 2 heterocycles. The second-order valence-electron chi connectivity index (χ2n) is 5.83. The molecule has 1 aliphatic heterocycles. The molecule has 1 atom stereocenters. The first-order chi connectivity index (χ1) is 9.17. The number of amides is 1. The Labute approximate surface area is 113 Å². The van der Waals surface area contributed by atoms with Crippen molar-refractivity contribution in [1.82, 2.24) is 4.98 Å². The van der Waals surface area contributed by atoms with Crippen LogP contribution in [-0.4, -0.2) is 23.1 Å². The SMILES string of the molecule is NC(=O)C1(c2ccccn2)CCOC2(CCCC2)C1. The van der Waals surface area contributed by atoms with Gasteiger partial charge in [-0.1, -0.05) is 18.9 Å². The van der Waals surface area contributed by atoms with Crippen LogP contribution in [0, 0.1) is 0 Å². The Kier molecular flexibility index (Phi) is 3.05. The van der Waals surface area contributed by atoms with Crippen molar-refractivity contribution < 1.29 is 9.53 Å². The molecule has 1 saturated heterocycles. The number of nitrogens with zero attached hydrogens (tertiary/aromatic N) is 1. The number of nitrogens with two attached hydrogens (primary N) is 1. The number of rotatable bonds is 2. The number of pyridine rings is 1. The minimum absolute atomic E-state index is 0.148. The topological polar surface area (TPSA) is 65.2 Å². The van der Waals surface area contributed by atoms with Gasteiger partial charge in [0.2, 0.25) is 5.91 Å². The lowest BCUT2D eigenvalue weighted by atomic mass is 9.69. The van der Waals surface area contributed by atoms with Crippen LogP contribution in [0.25, 0.3) is 0 Å². The predicted molar refractivity (Wildman–Crippen MR) is 71.5 cm³/mol. The molecule has 1 saturated carbocycles. The van der Waals surface area contributed by atoms with Crippen LogP contribution in [-0.2, 0) is 14.9 Å². The monoisotopic (exact) mass is 260 g/mol. The van der Waals surface area contributed by atoms with Crippen molar-refractivity contribution in [3.63, 3.8) is 0 Å². The zero-order valence-corrected chi connectivity index (χ0v) is 11.1. The summed E-state index contributed by atoms with van der Waals surface area (Å²) in [5, 5.41) is 0. The molecule has 3 rings (SSSR count). The lowest BCUT2D eigenvalue weighted by Crippen LogP contribution is -2.53. The first-order valence-corrected chi connectivity index (χ1v) is 7.02. The van der Waals surface area contributed by atoms with Gasteiger partial charge in [-0.2, -0.15) is 0 Å². The Morgan fingerprint density at radius 2 is 2.05 bits per heavy atom.